The topological polar surface area (TPSA) is 84.9 Å². The molecule has 0 unspecified atom stereocenters. The van der Waals surface area contributed by atoms with Gasteiger partial charge in [-0.2, -0.15) is 0 Å². The van der Waals surface area contributed by atoms with Crippen molar-refractivity contribution in [3.8, 4) is 11.5 Å². The molecule has 8 heteroatoms. The number of nitrogens with zero attached hydrogens (tertiary/aromatic N) is 1. The van der Waals surface area contributed by atoms with Gasteiger partial charge in [0.15, 0.2) is 0 Å². The van der Waals surface area contributed by atoms with E-state index in [4.69, 9.17) is 9.47 Å². The van der Waals surface area contributed by atoms with Crippen molar-refractivity contribution in [3.05, 3.63) is 84.4 Å². The highest BCUT2D eigenvalue weighted by atomic mass is 32.2. The number of amides is 1. The van der Waals surface area contributed by atoms with Gasteiger partial charge in [0.25, 0.3) is 10.0 Å². The van der Waals surface area contributed by atoms with Gasteiger partial charge in [0.2, 0.25) is 5.91 Å². The lowest BCUT2D eigenvalue weighted by Crippen LogP contribution is -2.41. The van der Waals surface area contributed by atoms with Gasteiger partial charge in [-0.1, -0.05) is 30.3 Å². The molecule has 3 aromatic carbocycles. The van der Waals surface area contributed by atoms with Gasteiger partial charge in [-0.3, -0.25) is 9.10 Å². The van der Waals surface area contributed by atoms with Gasteiger partial charge in [0.1, 0.15) is 18.0 Å². The van der Waals surface area contributed by atoms with Gasteiger partial charge in [-0.15, -0.1) is 0 Å². The molecule has 0 spiro atoms. The van der Waals surface area contributed by atoms with Crippen LogP contribution in [-0.2, 0) is 21.2 Å². The number of ether oxygens (including phenoxy) is 2. The number of hydrogen-bond acceptors (Lipinski definition) is 5. The van der Waals surface area contributed by atoms with Crippen LogP contribution in [0.1, 0.15) is 12.5 Å². The van der Waals surface area contributed by atoms with E-state index in [-0.39, 0.29) is 11.4 Å². The van der Waals surface area contributed by atoms with E-state index in [1.165, 1.54) is 12.1 Å². The maximum atomic E-state index is 13.3. The molecule has 0 aliphatic rings. The zero-order chi connectivity index (χ0) is 23.7. The molecule has 0 bridgehead atoms. The minimum Gasteiger partial charge on any atom is -0.497 e. The Hall–Kier alpha value is -3.52. The maximum absolute atomic E-state index is 13.3. The summed E-state index contributed by atoms with van der Waals surface area (Å²) in [5.74, 6) is 0.999. The Morgan fingerprint density at radius 3 is 2.15 bits per heavy atom. The Labute approximate surface area is 195 Å². The van der Waals surface area contributed by atoms with Gasteiger partial charge < -0.3 is 14.8 Å². The first kappa shape index (κ1) is 24.1. The Morgan fingerprint density at radius 1 is 0.909 bits per heavy atom. The highest BCUT2D eigenvalue weighted by molar-refractivity contribution is 7.92. The molecule has 174 valence electrons. The second-order valence-electron chi connectivity index (χ2n) is 7.20. The number of methoxy groups -OCH3 is 1. The largest absolute Gasteiger partial charge is 0.497 e. The molecule has 0 radical (unpaired) electrons. The molecule has 1 N–H and O–H groups in total. The minimum atomic E-state index is -3.94. The van der Waals surface area contributed by atoms with Crippen molar-refractivity contribution >= 4 is 21.6 Å². The second-order valence-corrected chi connectivity index (χ2v) is 9.06. The van der Waals surface area contributed by atoms with E-state index in [9.17, 15) is 13.2 Å². The molecule has 0 aromatic heterocycles. The lowest BCUT2D eigenvalue weighted by Gasteiger charge is -2.24. The Morgan fingerprint density at radius 2 is 1.55 bits per heavy atom. The van der Waals surface area contributed by atoms with E-state index in [1.807, 2.05) is 31.2 Å². The van der Waals surface area contributed by atoms with Crippen molar-refractivity contribution in [1.82, 2.24) is 5.32 Å². The highest BCUT2D eigenvalue weighted by Gasteiger charge is 2.27. The van der Waals surface area contributed by atoms with Gasteiger partial charge in [0.05, 0.1) is 24.3 Å². The predicted molar refractivity (Wildman–Crippen MR) is 128 cm³/mol. The molecular formula is C25H28N2O5S. The Kier molecular flexibility index (Phi) is 8.32. The van der Waals surface area contributed by atoms with E-state index >= 15 is 0 Å². The lowest BCUT2D eigenvalue weighted by atomic mass is 10.1. The fraction of sp³-hybridized carbons (Fsp3) is 0.240. The van der Waals surface area contributed by atoms with E-state index in [0.717, 1.165) is 15.6 Å². The third-order valence-electron chi connectivity index (χ3n) is 4.95. The number of rotatable bonds is 11. The maximum Gasteiger partial charge on any atom is 0.264 e. The molecule has 0 aliphatic carbocycles. The molecule has 0 atom stereocenters. The monoisotopic (exact) mass is 468 g/mol. The van der Waals surface area contributed by atoms with Gasteiger partial charge >= 0.3 is 0 Å². The second kappa shape index (κ2) is 11.4. The van der Waals surface area contributed by atoms with Gasteiger partial charge in [0, 0.05) is 6.54 Å². The van der Waals surface area contributed by atoms with Crippen LogP contribution >= 0.6 is 0 Å². The van der Waals surface area contributed by atoms with Crippen molar-refractivity contribution in [3.63, 3.8) is 0 Å². The van der Waals surface area contributed by atoms with E-state index in [1.54, 1.807) is 49.6 Å². The van der Waals surface area contributed by atoms with E-state index in [2.05, 4.69) is 5.32 Å². The predicted octanol–water partition coefficient (Wildman–Crippen LogP) is 3.65. The number of carbonyl (C=O) groups excluding carboxylic acids is 1. The van der Waals surface area contributed by atoms with Crippen molar-refractivity contribution in [2.45, 2.75) is 18.2 Å². The Balaban J connectivity index is 1.73. The molecule has 33 heavy (non-hydrogen) atoms. The van der Waals surface area contributed by atoms with E-state index < -0.39 is 15.9 Å². The van der Waals surface area contributed by atoms with Crippen molar-refractivity contribution in [2.24, 2.45) is 0 Å². The van der Waals surface area contributed by atoms with Crippen LogP contribution in [0.4, 0.5) is 5.69 Å². The molecule has 7 nitrogen and oxygen atoms in total. The van der Waals surface area contributed by atoms with Gasteiger partial charge in [-0.25, -0.2) is 8.42 Å². The zero-order valence-corrected chi connectivity index (χ0v) is 19.5. The average Bonchev–Trinajstić information content (AvgIpc) is 2.84. The normalized spacial score (nSPS) is 11.0. The third kappa shape index (κ3) is 6.49. The lowest BCUT2D eigenvalue weighted by molar-refractivity contribution is -0.119. The molecule has 0 saturated heterocycles. The van der Waals surface area contributed by atoms with Crippen LogP contribution in [0, 0.1) is 0 Å². The number of hydrogen-bond donors (Lipinski definition) is 1. The fourth-order valence-corrected chi connectivity index (χ4v) is 4.68. The van der Waals surface area contributed by atoms with Crippen LogP contribution in [-0.4, -0.2) is 41.1 Å². The Bertz CT molecular complexity index is 1130. The minimum absolute atomic E-state index is 0.116. The van der Waals surface area contributed by atoms with Crippen LogP contribution in [0.25, 0.3) is 0 Å². The molecule has 0 heterocycles. The first-order chi connectivity index (χ1) is 15.9. The van der Waals surface area contributed by atoms with Crippen LogP contribution < -0.4 is 19.1 Å². The number of benzene rings is 3. The first-order valence-electron chi connectivity index (χ1n) is 10.6. The SMILES string of the molecule is CCOc1ccc(N(CC(=O)NCCc2ccc(OC)cc2)S(=O)(=O)c2ccccc2)cc1. The summed E-state index contributed by atoms with van der Waals surface area (Å²) < 4.78 is 38.4. The van der Waals surface area contributed by atoms with Crippen molar-refractivity contribution in [1.29, 1.82) is 0 Å². The van der Waals surface area contributed by atoms with Crippen LogP contribution in [0.2, 0.25) is 0 Å². The van der Waals surface area contributed by atoms with Crippen LogP contribution in [0.5, 0.6) is 11.5 Å². The molecule has 3 aromatic rings. The molecular weight excluding hydrogens is 440 g/mol. The summed E-state index contributed by atoms with van der Waals surface area (Å²) in [6, 6.07) is 22.3. The molecule has 0 fully saturated rings. The summed E-state index contributed by atoms with van der Waals surface area (Å²) in [5.41, 5.74) is 1.42. The zero-order valence-electron chi connectivity index (χ0n) is 18.7. The van der Waals surface area contributed by atoms with Crippen molar-refractivity contribution < 1.29 is 22.7 Å². The van der Waals surface area contributed by atoms with Gasteiger partial charge in [-0.05, 0) is 67.4 Å². The fourth-order valence-electron chi connectivity index (χ4n) is 3.23. The molecule has 1 amide bonds. The summed E-state index contributed by atoms with van der Waals surface area (Å²) >= 11 is 0. The molecule has 3 rings (SSSR count). The smallest absolute Gasteiger partial charge is 0.264 e. The summed E-state index contributed by atoms with van der Waals surface area (Å²) in [6.45, 7) is 2.42. The van der Waals surface area contributed by atoms with E-state index in [0.29, 0.717) is 31.0 Å². The number of anilines is 1. The standard InChI is InChI=1S/C25H28N2O5S/c1-3-32-23-15-11-21(12-16-23)27(33(29,30)24-7-5-4-6-8-24)19-25(28)26-18-17-20-9-13-22(31-2)14-10-20/h4-16H,3,17-19H2,1-2H3,(H,26,28). The average molecular weight is 469 g/mol. The quantitative estimate of drug-likeness (QED) is 0.464. The third-order valence-corrected chi connectivity index (χ3v) is 6.74. The summed E-state index contributed by atoms with van der Waals surface area (Å²) in [5, 5.41) is 2.81. The van der Waals surface area contributed by atoms with Crippen LogP contribution in [0.15, 0.2) is 83.8 Å². The number of sulfonamides is 1. The summed E-state index contributed by atoms with van der Waals surface area (Å²) in [6.07, 6.45) is 0.615. The highest BCUT2D eigenvalue weighted by Crippen LogP contribution is 2.25. The summed E-state index contributed by atoms with van der Waals surface area (Å²) in [7, 11) is -2.34. The van der Waals surface area contributed by atoms with Crippen molar-refractivity contribution in [2.75, 3.05) is 31.1 Å². The summed E-state index contributed by atoms with van der Waals surface area (Å²) in [4.78, 5) is 12.8. The number of carbonyl (C=O) groups is 1. The molecule has 0 aliphatic heterocycles. The van der Waals surface area contributed by atoms with Crippen LogP contribution in [0.3, 0.4) is 0 Å². The first-order valence-corrected chi connectivity index (χ1v) is 12.1. The molecule has 0 saturated carbocycles. The number of nitrogens with one attached hydrogen (secondary N) is 1.